The van der Waals surface area contributed by atoms with Crippen molar-refractivity contribution >= 4 is 0 Å². The molecule has 0 spiro atoms. The Hall–Kier alpha value is 0.985. The Morgan fingerprint density at radius 1 is 1.21 bits per heavy atom. The summed E-state index contributed by atoms with van der Waals surface area (Å²) in [6.45, 7) is 6.12. The van der Waals surface area contributed by atoms with E-state index in [4.69, 9.17) is 0 Å². The molecule has 0 bridgehead atoms. The van der Waals surface area contributed by atoms with Gasteiger partial charge in [-0.1, -0.05) is 43.7 Å². The van der Waals surface area contributed by atoms with Crippen molar-refractivity contribution in [1.82, 2.24) is 0 Å². The fourth-order valence-electron chi connectivity index (χ4n) is 1.35. The van der Waals surface area contributed by atoms with Crippen LogP contribution in [-0.2, 0) is 5.41 Å². The second-order valence-corrected chi connectivity index (χ2v) is 3.92. The van der Waals surface area contributed by atoms with Crippen LogP contribution in [0, 0.1) is 6.92 Å². The third kappa shape index (κ3) is 3.53. The van der Waals surface area contributed by atoms with Crippen molar-refractivity contribution in [3.63, 3.8) is 0 Å². The molecule has 0 fully saturated rings. The molecule has 0 saturated heterocycles. The summed E-state index contributed by atoms with van der Waals surface area (Å²) in [5, 5.41) is 11.1. The summed E-state index contributed by atoms with van der Waals surface area (Å²) >= 11 is 0. The van der Waals surface area contributed by atoms with Gasteiger partial charge in [-0.15, -0.1) is 6.61 Å². The number of hydrogen-bond donors (Lipinski definition) is 0. The summed E-state index contributed by atoms with van der Waals surface area (Å²) in [6.07, 6.45) is 0.902. The van der Waals surface area contributed by atoms with Gasteiger partial charge >= 0.3 is 58.2 Å². The topological polar surface area (TPSA) is 23.1 Å². The zero-order valence-corrected chi connectivity index (χ0v) is 14.5. The van der Waals surface area contributed by atoms with Crippen molar-refractivity contribution in [2.45, 2.75) is 32.6 Å². The van der Waals surface area contributed by atoms with Crippen LogP contribution in [0.15, 0.2) is 24.3 Å². The normalized spacial score (nSPS) is 14.3. The standard InChI is InChI=1S/C12H17O.Rb/c1-4-12(3,9-13)11-7-5-10(2)6-8-11;/h5-8H,4,9H2,1-3H3;/q-1;+1. The van der Waals surface area contributed by atoms with Crippen LogP contribution < -0.4 is 63.3 Å². The van der Waals surface area contributed by atoms with E-state index in [1.54, 1.807) is 0 Å². The Morgan fingerprint density at radius 3 is 2.07 bits per heavy atom. The molecule has 72 valence electrons. The largest absolute Gasteiger partial charge is 1.00 e. The average molecular weight is 263 g/mol. The number of aryl methyl sites for hydroxylation is 1. The minimum absolute atomic E-state index is 0. The van der Waals surface area contributed by atoms with Gasteiger partial charge in [-0.25, -0.2) is 0 Å². The Bertz CT molecular complexity index is 262. The molecule has 0 radical (unpaired) electrons. The molecular formula is C12H17ORb. The third-order valence-corrected chi connectivity index (χ3v) is 2.85. The Labute approximate surface area is 136 Å². The van der Waals surface area contributed by atoms with Gasteiger partial charge in [0.05, 0.1) is 0 Å². The number of benzene rings is 1. The van der Waals surface area contributed by atoms with Gasteiger partial charge in [-0.3, -0.25) is 0 Å². The summed E-state index contributed by atoms with van der Waals surface area (Å²) < 4.78 is 0. The van der Waals surface area contributed by atoms with Crippen LogP contribution in [0.2, 0.25) is 0 Å². The van der Waals surface area contributed by atoms with Crippen LogP contribution in [0.1, 0.15) is 31.4 Å². The zero-order chi connectivity index (χ0) is 9.90. The van der Waals surface area contributed by atoms with Crippen LogP contribution in [0.3, 0.4) is 0 Å². The minimum atomic E-state index is -0.187. The van der Waals surface area contributed by atoms with Crippen molar-refractivity contribution in [3.05, 3.63) is 35.4 Å². The third-order valence-electron chi connectivity index (χ3n) is 2.85. The van der Waals surface area contributed by atoms with Crippen LogP contribution in [0.25, 0.3) is 0 Å². The van der Waals surface area contributed by atoms with Crippen molar-refractivity contribution in [1.29, 1.82) is 0 Å². The van der Waals surface area contributed by atoms with E-state index >= 15 is 0 Å². The molecule has 0 aliphatic carbocycles. The van der Waals surface area contributed by atoms with Gasteiger partial charge in [0.2, 0.25) is 0 Å². The van der Waals surface area contributed by atoms with Gasteiger partial charge in [0.1, 0.15) is 0 Å². The first-order chi connectivity index (χ1) is 6.12. The van der Waals surface area contributed by atoms with E-state index in [9.17, 15) is 5.11 Å². The van der Waals surface area contributed by atoms with Gasteiger partial charge in [0.15, 0.2) is 0 Å². The van der Waals surface area contributed by atoms with Crippen molar-refractivity contribution in [2.24, 2.45) is 0 Å². The second kappa shape index (κ2) is 6.54. The molecule has 0 saturated carbocycles. The molecule has 0 N–H and O–H groups in total. The fraction of sp³-hybridized carbons (Fsp3) is 0.500. The van der Waals surface area contributed by atoms with Crippen LogP contribution in [0.4, 0.5) is 0 Å². The van der Waals surface area contributed by atoms with Crippen LogP contribution in [0.5, 0.6) is 0 Å². The van der Waals surface area contributed by atoms with Crippen LogP contribution >= 0.6 is 0 Å². The van der Waals surface area contributed by atoms with E-state index in [2.05, 4.69) is 38.1 Å². The Balaban J connectivity index is 0.00000169. The first-order valence-electron chi connectivity index (χ1n) is 4.77. The van der Waals surface area contributed by atoms with E-state index in [-0.39, 0.29) is 70.2 Å². The molecule has 1 aromatic carbocycles. The molecule has 0 aliphatic heterocycles. The summed E-state index contributed by atoms with van der Waals surface area (Å²) in [5.74, 6) is 0. The molecule has 0 amide bonds. The maximum atomic E-state index is 11.1. The summed E-state index contributed by atoms with van der Waals surface area (Å²) in [5.41, 5.74) is 2.22. The van der Waals surface area contributed by atoms with E-state index in [0.29, 0.717) is 0 Å². The smallest absolute Gasteiger partial charge is 0.854 e. The minimum Gasteiger partial charge on any atom is -0.854 e. The van der Waals surface area contributed by atoms with E-state index < -0.39 is 0 Å². The monoisotopic (exact) mass is 262 g/mol. The molecule has 1 rings (SSSR count). The van der Waals surface area contributed by atoms with E-state index in [1.165, 1.54) is 5.56 Å². The van der Waals surface area contributed by atoms with Crippen molar-refractivity contribution < 1.29 is 63.3 Å². The molecule has 1 atom stereocenters. The molecule has 1 nitrogen and oxygen atoms in total. The van der Waals surface area contributed by atoms with Gasteiger partial charge in [0.25, 0.3) is 0 Å². The van der Waals surface area contributed by atoms with Gasteiger partial charge < -0.3 is 5.11 Å². The first kappa shape index (κ1) is 15.0. The Morgan fingerprint density at radius 2 is 1.71 bits per heavy atom. The molecule has 1 aromatic rings. The SMILES string of the molecule is CCC(C)(C[O-])c1ccc(C)cc1.[Rb+]. The van der Waals surface area contributed by atoms with E-state index in [0.717, 1.165) is 12.0 Å². The maximum absolute atomic E-state index is 11.1. The predicted molar refractivity (Wildman–Crippen MR) is 53.7 cm³/mol. The summed E-state index contributed by atoms with van der Waals surface area (Å²) in [6, 6.07) is 8.27. The zero-order valence-electron chi connectivity index (χ0n) is 9.63. The Kier molecular flexibility index (Phi) is 7.00. The molecule has 0 aliphatic rings. The molecule has 1 unspecified atom stereocenters. The quantitative estimate of drug-likeness (QED) is 0.687. The van der Waals surface area contributed by atoms with Crippen molar-refractivity contribution in [3.8, 4) is 0 Å². The summed E-state index contributed by atoms with van der Waals surface area (Å²) in [4.78, 5) is 0. The molecular weight excluding hydrogens is 246 g/mol. The number of rotatable bonds is 3. The molecule has 0 heterocycles. The van der Waals surface area contributed by atoms with Crippen molar-refractivity contribution in [2.75, 3.05) is 6.61 Å². The second-order valence-electron chi connectivity index (χ2n) is 3.92. The number of hydrogen-bond acceptors (Lipinski definition) is 1. The average Bonchev–Trinajstić information content (AvgIpc) is 2.18. The summed E-state index contributed by atoms with van der Waals surface area (Å²) in [7, 11) is 0. The maximum Gasteiger partial charge on any atom is 1.00 e. The van der Waals surface area contributed by atoms with E-state index in [1.807, 2.05) is 6.92 Å². The fourth-order valence-corrected chi connectivity index (χ4v) is 1.35. The predicted octanol–water partition coefficient (Wildman–Crippen LogP) is -0.973. The molecule has 14 heavy (non-hydrogen) atoms. The van der Waals surface area contributed by atoms with Gasteiger partial charge in [-0.2, -0.15) is 0 Å². The first-order valence-corrected chi connectivity index (χ1v) is 4.77. The van der Waals surface area contributed by atoms with Gasteiger partial charge in [0, 0.05) is 0 Å². The van der Waals surface area contributed by atoms with Crippen LogP contribution in [-0.4, -0.2) is 6.61 Å². The molecule has 2 heteroatoms. The van der Waals surface area contributed by atoms with Gasteiger partial charge in [-0.05, 0) is 24.3 Å². The molecule has 0 aromatic heterocycles.